The van der Waals surface area contributed by atoms with Gasteiger partial charge in [-0.15, -0.1) is 0 Å². The van der Waals surface area contributed by atoms with Gasteiger partial charge >= 0.3 is 0 Å². The molecule has 2 rings (SSSR count). The van der Waals surface area contributed by atoms with Crippen LogP contribution < -0.4 is 5.32 Å². The molecule has 0 aromatic carbocycles. The van der Waals surface area contributed by atoms with Crippen LogP contribution in [0.5, 0.6) is 0 Å². The number of nitrogens with one attached hydrogen (secondary N) is 1. The highest BCUT2D eigenvalue weighted by molar-refractivity contribution is 5.92. The van der Waals surface area contributed by atoms with E-state index in [1.54, 1.807) is 6.26 Å². The molecule has 1 aliphatic rings. The molecule has 1 aromatic heterocycles. The first kappa shape index (κ1) is 5.46. The van der Waals surface area contributed by atoms with E-state index >= 15 is 0 Å². The topological polar surface area (TPSA) is 55.1 Å². The van der Waals surface area contributed by atoms with Crippen molar-refractivity contribution in [2.24, 2.45) is 0 Å². The Morgan fingerprint density at radius 1 is 1.60 bits per heavy atom. The third-order valence-electron chi connectivity index (χ3n) is 1.52. The molecule has 1 aliphatic heterocycles. The number of anilines is 1. The summed E-state index contributed by atoms with van der Waals surface area (Å²) in [6.07, 6.45) is 2.84. The maximum absolute atomic E-state index is 10.7. The van der Waals surface area contributed by atoms with Crippen molar-refractivity contribution in [2.45, 2.75) is 12.8 Å². The van der Waals surface area contributed by atoms with Gasteiger partial charge < -0.3 is 9.84 Å². The first-order valence-electron chi connectivity index (χ1n) is 3.09. The third kappa shape index (κ3) is 0.689. The highest BCUT2D eigenvalue weighted by atomic mass is 16.5. The highest BCUT2D eigenvalue weighted by Crippen LogP contribution is 2.19. The summed E-state index contributed by atoms with van der Waals surface area (Å²) in [5, 5.41) is 6.20. The van der Waals surface area contributed by atoms with Crippen LogP contribution >= 0.6 is 0 Å². The lowest BCUT2D eigenvalue weighted by Gasteiger charge is -2.07. The molecule has 52 valence electrons. The maximum atomic E-state index is 10.7. The number of carbonyl (C=O) groups is 1. The number of hydrogen-bond acceptors (Lipinski definition) is 3. The minimum absolute atomic E-state index is 0.0152. The van der Waals surface area contributed by atoms with Crippen LogP contribution in [0.3, 0.4) is 0 Å². The molecule has 0 saturated carbocycles. The zero-order chi connectivity index (χ0) is 6.97. The van der Waals surface area contributed by atoms with Crippen LogP contribution in [0.2, 0.25) is 0 Å². The Hall–Kier alpha value is -1.32. The van der Waals surface area contributed by atoms with Gasteiger partial charge in [0.15, 0.2) is 5.82 Å². The van der Waals surface area contributed by atoms with E-state index < -0.39 is 0 Å². The number of amides is 1. The van der Waals surface area contributed by atoms with Gasteiger partial charge in [0.1, 0.15) is 6.26 Å². The highest BCUT2D eigenvalue weighted by Gasteiger charge is 2.17. The summed E-state index contributed by atoms with van der Waals surface area (Å²) in [5.74, 6) is 0.595. The molecule has 4 nitrogen and oxygen atoms in total. The van der Waals surface area contributed by atoms with Gasteiger partial charge in [0.2, 0.25) is 5.91 Å². The maximum Gasteiger partial charge on any atom is 0.225 e. The average molecular weight is 138 g/mol. The molecule has 1 N–H and O–H groups in total. The van der Waals surface area contributed by atoms with Crippen LogP contribution in [0.25, 0.3) is 0 Å². The molecule has 0 saturated heterocycles. The van der Waals surface area contributed by atoms with Gasteiger partial charge in [-0.3, -0.25) is 4.79 Å². The summed E-state index contributed by atoms with van der Waals surface area (Å²) < 4.78 is 4.65. The lowest BCUT2D eigenvalue weighted by atomic mass is 10.1. The van der Waals surface area contributed by atoms with Gasteiger partial charge in [-0.1, -0.05) is 5.16 Å². The van der Waals surface area contributed by atoms with Crippen molar-refractivity contribution in [1.82, 2.24) is 5.16 Å². The molecule has 0 radical (unpaired) electrons. The number of aromatic nitrogens is 1. The van der Waals surface area contributed by atoms with Crippen LogP contribution in [0.4, 0.5) is 5.82 Å². The van der Waals surface area contributed by atoms with Crippen molar-refractivity contribution in [3.05, 3.63) is 11.8 Å². The zero-order valence-electron chi connectivity index (χ0n) is 5.26. The Balaban J connectivity index is 2.39. The Morgan fingerprint density at radius 2 is 2.50 bits per heavy atom. The van der Waals surface area contributed by atoms with Crippen molar-refractivity contribution in [1.29, 1.82) is 0 Å². The van der Waals surface area contributed by atoms with Gasteiger partial charge in [-0.05, 0) is 6.42 Å². The summed E-state index contributed by atoms with van der Waals surface area (Å²) in [4.78, 5) is 10.7. The quantitative estimate of drug-likeness (QED) is 0.569. The van der Waals surface area contributed by atoms with E-state index in [2.05, 4.69) is 15.0 Å². The summed E-state index contributed by atoms with van der Waals surface area (Å²) in [7, 11) is 0. The number of fused-ring (bicyclic) bond motifs is 1. The summed E-state index contributed by atoms with van der Waals surface area (Å²) in [5.41, 5.74) is 0.986. The fourth-order valence-corrected chi connectivity index (χ4v) is 0.980. The van der Waals surface area contributed by atoms with E-state index in [0.29, 0.717) is 12.2 Å². The van der Waals surface area contributed by atoms with Crippen LogP contribution in [0.1, 0.15) is 12.0 Å². The number of rotatable bonds is 0. The van der Waals surface area contributed by atoms with Crippen molar-refractivity contribution < 1.29 is 9.32 Å². The van der Waals surface area contributed by atoms with E-state index in [-0.39, 0.29) is 5.91 Å². The molecule has 0 unspecified atom stereocenters. The number of nitrogens with zero attached hydrogens (tertiary/aromatic N) is 1. The first-order valence-corrected chi connectivity index (χ1v) is 3.09. The van der Waals surface area contributed by atoms with E-state index in [0.717, 1.165) is 12.0 Å². The molecular weight excluding hydrogens is 132 g/mol. The first-order chi connectivity index (χ1) is 4.86. The SMILES string of the molecule is O=C1CCc2conc2N1. The number of hydrogen-bond donors (Lipinski definition) is 1. The lowest BCUT2D eigenvalue weighted by molar-refractivity contribution is -0.116. The standard InChI is InChI=1S/C6H6N2O2/c9-5-2-1-4-3-10-8-6(4)7-5/h3H,1-2H2,(H,7,8,9). The predicted octanol–water partition coefficient (Wildman–Crippen LogP) is 0.559. The van der Waals surface area contributed by atoms with Crippen molar-refractivity contribution in [3.63, 3.8) is 0 Å². The van der Waals surface area contributed by atoms with Gasteiger partial charge in [0.05, 0.1) is 0 Å². The minimum atomic E-state index is 0.0152. The lowest BCUT2D eigenvalue weighted by Crippen LogP contribution is -2.18. The Labute approximate surface area is 57.2 Å². The van der Waals surface area contributed by atoms with Crippen LogP contribution in [0.15, 0.2) is 10.8 Å². The van der Waals surface area contributed by atoms with E-state index in [1.807, 2.05) is 0 Å². The Bertz CT molecular complexity index is 266. The number of carbonyl (C=O) groups excluding carboxylic acids is 1. The van der Waals surface area contributed by atoms with Crippen LogP contribution in [-0.4, -0.2) is 11.1 Å². The Morgan fingerprint density at radius 3 is 3.40 bits per heavy atom. The number of aryl methyl sites for hydroxylation is 1. The smallest absolute Gasteiger partial charge is 0.225 e. The van der Waals surface area contributed by atoms with Crippen LogP contribution in [-0.2, 0) is 11.2 Å². The molecule has 10 heavy (non-hydrogen) atoms. The summed E-state index contributed by atoms with van der Waals surface area (Å²) in [6.45, 7) is 0. The zero-order valence-corrected chi connectivity index (χ0v) is 5.26. The largest absolute Gasteiger partial charge is 0.362 e. The van der Waals surface area contributed by atoms with E-state index in [4.69, 9.17) is 0 Å². The van der Waals surface area contributed by atoms with Gasteiger partial charge in [-0.25, -0.2) is 0 Å². The molecule has 1 aromatic rings. The average Bonchev–Trinajstić information content (AvgIpc) is 2.33. The normalized spacial score (nSPS) is 16.2. The fraction of sp³-hybridized carbons (Fsp3) is 0.333. The fourth-order valence-electron chi connectivity index (χ4n) is 0.980. The van der Waals surface area contributed by atoms with Crippen molar-refractivity contribution >= 4 is 11.7 Å². The second kappa shape index (κ2) is 1.83. The van der Waals surface area contributed by atoms with Gasteiger partial charge in [-0.2, -0.15) is 0 Å². The second-order valence-corrected chi connectivity index (χ2v) is 2.24. The predicted molar refractivity (Wildman–Crippen MR) is 33.5 cm³/mol. The molecule has 0 spiro atoms. The molecule has 0 bridgehead atoms. The minimum Gasteiger partial charge on any atom is -0.362 e. The molecular formula is C6H6N2O2. The molecule has 0 aliphatic carbocycles. The monoisotopic (exact) mass is 138 g/mol. The second-order valence-electron chi connectivity index (χ2n) is 2.24. The van der Waals surface area contributed by atoms with Crippen molar-refractivity contribution in [2.75, 3.05) is 5.32 Å². The van der Waals surface area contributed by atoms with E-state index in [9.17, 15) is 4.79 Å². The third-order valence-corrected chi connectivity index (χ3v) is 1.52. The van der Waals surface area contributed by atoms with Crippen molar-refractivity contribution in [3.8, 4) is 0 Å². The van der Waals surface area contributed by atoms with Crippen LogP contribution in [0, 0.1) is 0 Å². The van der Waals surface area contributed by atoms with Gasteiger partial charge in [0.25, 0.3) is 0 Å². The molecule has 0 fully saturated rings. The Kier molecular flexibility index (Phi) is 1.00. The molecule has 1 amide bonds. The molecule has 4 heteroatoms. The summed E-state index contributed by atoms with van der Waals surface area (Å²) in [6, 6.07) is 0. The van der Waals surface area contributed by atoms with Gasteiger partial charge in [0, 0.05) is 12.0 Å². The molecule has 2 heterocycles. The van der Waals surface area contributed by atoms with E-state index in [1.165, 1.54) is 0 Å². The summed E-state index contributed by atoms with van der Waals surface area (Å²) >= 11 is 0. The molecule has 0 atom stereocenters.